The predicted molar refractivity (Wildman–Crippen MR) is 253 cm³/mol. The maximum absolute atomic E-state index is 14.0. The van der Waals surface area contributed by atoms with Gasteiger partial charge in [-0.05, 0) is 77.9 Å². The molecule has 5 rings (SSSR count). The van der Waals surface area contributed by atoms with Crippen molar-refractivity contribution >= 4 is 76.0 Å². The van der Waals surface area contributed by atoms with Gasteiger partial charge in [-0.1, -0.05) is 104 Å². The van der Waals surface area contributed by atoms with Gasteiger partial charge in [0.1, 0.15) is 36.2 Å². The molecule has 0 heterocycles. The minimum absolute atomic E-state index is 0. The monoisotopic (exact) mass is 901 g/mol. The van der Waals surface area contributed by atoms with Crippen LogP contribution >= 0.6 is 24.8 Å². The van der Waals surface area contributed by atoms with E-state index in [0.717, 1.165) is 38.2 Å². The molecule has 336 valence electrons. The Bertz CT molecular complexity index is 2330. The fraction of sp³-hybridized carbons (Fsp3) is 0.298. The zero-order valence-electron chi connectivity index (χ0n) is 35.3. The van der Waals surface area contributed by atoms with E-state index in [2.05, 4.69) is 27.5 Å². The molecule has 0 aromatic heterocycles. The highest BCUT2D eigenvalue weighted by molar-refractivity contribution is 6.10. The topological polar surface area (TPSA) is 222 Å². The number of amides is 3. The number of halogens is 2. The van der Waals surface area contributed by atoms with Gasteiger partial charge in [0.05, 0.1) is 7.11 Å². The van der Waals surface area contributed by atoms with Crippen LogP contribution in [0, 0.1) is 0 Å². The third kappa shape index (κ3) is 14.6. The van der Waals surface area contributed by atoms with Crippen LogP contribution in [0.4, 0.5) is 0 Å². The van der Waals surface area contributed by atoms with Gasteiger partial charge in [-0.3, -0.25) is 19.4 Å². The van der Waals surface area contributed by atoms with Crippen molar-refractivity contribution in [2.75, 3.05) is 33.4 Å². The van der Waals surface area contributed by atoms with Crippen LogP contribution in [0.3, 0.4) is 0 Å². The maximum Gasteiger partial charge on any atom is 0.328 e. The summed E-state index contributed by atoms with van der Waals surface area (Å²) in [5.41, 5.74) is 19.1. The minimum Gasteiger partial charge on any atom is -0.489 e. The van der Waals surface area contributed by atoms with E-state index in [1.54, 1.807) is 6.08 Å². The van der Waals surface area contributed by atoms with Crippen molar-refractivity contribution in [3.63, 3.8) is 0 Å². The zero-order valence-corrected chi connectivity index (χ0v) is 36.9. The number of nitrogens with one attached hydrogen (secondary N) is 3. The maximum atomic E-state index is 14.0. The van der Waals surface area contributed by atoms with E-state index >= 15 is 0 Å². The molecule has 5 aromatic rings. The van der Waals surface area contributed by atoms with Crippen LogP contribution in [0.1, 0.15) is 37.7 Å². The van der Waals surface area contributed by atoms with Crippen LogP contribution in [0.2, 0.25) is 0 Å². The summed E-state index contributed by atoms with van der Waals surface area (Å²) in [7, 11) is 1.24. The average molecular weight is 903 g/mol. The molecular formula is C47H57Cl2N7O7. The summed E-state index contributed by atoms with van der Waals surface area (Å²) in [6.07, 6.45) is 3.63. The van der Waals surface area contributed by atoms with Gasteiger partial charge >= 0.3 is 5.97 Å². The second-order valence-electron chi connectivity index (χ2n) is 14.4. The number of benzene rings is 5. The van der Waals surface area contributed by atoms with Crippen molar-refractivity contribution in [1.82, 2.24) is 16.0 Å². The van der Waals surface area contributed by atoms with Gasteiger partial charge in [0, 0.05) is 24.1 Å². The average Bonchev–Trinajstić information content (AvgIpc) is 3.27. The molecule has 14 nitrogen and oxygen atoms in total. The number of fused-ring (bicyclic) bond motifs is 2. The van der Waals surface area contributed by atoms with Gasteiger partial charge in [-0.25, -0.2) is 4.79 Å². The second-order valence-corrected chi connectivity index (χ2v) is 14.4. The fourth-order valence-corrected chi connectivity index (χ4v) is 7.05. The summed E-state index contributed by atoms with van der Waals surface area (Å²) in [5.74, 6) is -1.48. The number of methoxy groups -OCH3 is 1. The van der Waals surface area contributed by atoms with E-state index in [0.29, 0.717) is 37.3 Å². The summed E-state index contributed by atoms with van der Waals surface area (Å²) in [4.78, 5) is 58.5. The van der Waals surface area contributed by atoms with Crippen molar-refractivity contribution in [2.45, 2.75) is 56.7 Å². The predicted octanol–water partition coefficient (Wildman–Crippen LogP) is 5.50. The number of hydrogen-bond donors (Lipinski definition) is 6. The molecule has 9 N–H and O–H groups in total. The third-order valence-corrected chi connectivity index (χ3v) is 10.0. The van der Waals surface area contributed by atoms with E-state index in [9.17, 15) is 19.2 Å². The quantitative estimate of drug-likeness (QED) is 0.0159. The number of esters is 1. The molecule has 0 aliphatic heterocycles. The van der Waals surface area contributed by atoms with E-state index in [-0.39, 0.29) is 63.2 Å². The van der Waals surface area contributed by atoms with Crippen LogP contribution in [-0.4, -0.2) is 81.2 Å². The second kappa shape index (κ2) is 26.2. The molecule has 0 unspecified atom stereocenters. The number of nitrogens with zero attached hydrogens (tertiary/aromatic N) is 1. The van der Waals surface area contributed by atoms with Gasteiger partial charge in [-0.2, -0.15) is 0 Å². The zero-order chi connectivity index (χ0) is 43.6. The van der Waals surface area contributed by atoms with Gasteiger partial charge in [0.2, 0.25) is 11.8 Å². The van der Waals surface area contributed by atoms with Crippen molar-refractivity contribution < 1.29 is 33.4 Å². The number of carbonyl (C=O) groups is 4. The summed E-state index contributed by atoms with van der Waals surface area (Å²) < 4.78 is 17.5. The number of ether oxygens (including phenoxy) is 3. The van der Waals surface area contributed by atoms with E-state index in [4.69, 9.17) is 31.4 Å². The number of aliphatic imine (C=N–C) groups is 1. The molecule has 0 fully saturated rings. The lowest BCUT2D eigenvalue weighted by Gasteiger charge is -2.25. The Morgan fingerprint density at radius 1 is 0.683 bits per heavy atom. The van der Waals surface area contributed by atoms with Crippen molar-refractivity contribution in [1.29, 1.82) is 0 Å². The van der Waals surface area contributed by atoms with Crippen molar-refractivity contribution in [3.8, 4) is 22.6 Å². The van der Waals surface area contributed by atoms with Gasteiger partial charge in [-0.15, -0.1) is 24.8 Å². The third-order valence-electron chi connectivity index (χ3n) is 10.0. The van der Waals surface area contributed by atoms with Crippen LogP contribution in [0.5, 0.6) is 11.5 Å². The van der Waals surface area contributed by atoms with Crippen molar-refractivity contribution in [3.05, 3.63) is 121 Å². The Morgan fingerprint density at radius 2 is 1.22 bits per heavy atom. The standard InChI is InChI=1S/C47H55N7O7.2ClH/c1-3-28-60-39-24-22-32-16-7-9-18-34(32)42(39)43-35-19-10-8-17-33(35)23-25-40(43)61-30-41(55)52-36(20-11-12-26-48)44(56)53-37(21-13-27-51-47(49)50)45(57)54-38(46(58)59-2)29-31-14-5-4-6-15-31;;/h3-10,14-19,22-25,36-38H,1,11-13,20-21,26-30,48H2,2H3,(H,52,55)(H,53,56)(H,54,57)(H4,49,50,51);2*1H/t36-,37-,38+;;/m1../s1. The Labute approximate surface area is 380 Å². The van der Waals surface area contributed by atoms with Gasteiger partial charge in [0.25, 0.3) is 5.91 Å². The fourth-order valence-electron chi connectivity index (χ4n) is 7.05. The molecule has 0 spiro atoms. The first-order valence-corrected chi connectivity index (χ1v) is 20.3. The Morgan fingerprint density at radius 3 is 1.79 bits per heavy atom. The summed E-state index contributed by atoms with van der Waals surface area (Å²) in [5, 5.41) is 12.2. The molecule has 0 aliphatic carbocycles. The highest BCUT2D eigenvalue weighted by Gasteiger charge is 2.30. The summed E-state index contributed by atoms with van der Waals surface area (Å²) >= 11 is 0. The van der Waals surface area contributed by atoms with Crippen LogP contribution in [-0.2, 0) is 30.3 Å². The summed E-state index contributed by atoms with van der Waals surface area (Å²) in [6, 6.07) is 29.4. The molecule has 0 radical (unpaired) electrons. The van der Waals surface area contributed by atoms with E-state index in [1.807, 2.05) is 103 Å². The molecule has 0 saturated carbocycles. The minimum atomic E-state index is -1.12. The lowest BCUT2D eigenvalue weighted by molar-refractivity contribution is -0.145. The van der Waals surface area contributed by atoms with Gasteiger partial charge in [0.15, 0.2) is 12.6 Å². The number of carbonyl (C=O) groups excluding carboxylic acids is 4. The first-order valence-electron chi connectivity index (χ1n) is 20.3. The Balaban J connectivity index is 0.00000528. The highest BCUT2D eigenvalue weighted by atomic mass is 35.5. The highest BCUT2D eigenvalue weighted by Crippen LogP contribution is 2.45. The number of rotatable bonds is 23. The summed E-state index contributed by atoms with van der Waals surface area (Å²) in [6.45, 7) is 4.25. The lowest BCUT2D eigenvalue weighted by Crippen LogP contribution is -2.56. The van der Waals surface area contributed by atoms with Crippen molar-refractivity contribution in [2.24, 2.45) is 22.2 Å². The molecule has 16 heteroatoms. The number of guanidine groups is 1. The lowest BCUT2D eigenvalue weighted by atomic mass is 9.92. The molecule has 0 aliphatic rings. The van der Waals surface area contributed by atoms with Crippen LogP contribution in [0.25, 0.3) is 32.7 Å². The molecule has 3 atom stereocenters. The largest absolute Gasteiger partial charge is 0.489 e. The molecule has 63 heavy (non-hydrogen) atoms. The first-order chi connectivity index (χ1) is 29.6. The number of hydrogen-bond acceptors (Lipinski definition) is 9. The normalized spacial score (nSPS) is 12.0. The SMILES string of the molecule is C=CCOc1ccc2ccccc2c1-c1c(OCC(=O)N[C@H](CCCCN)C(=O)N[C@H](CCCN=C(N)N)C(=O)N[C@@H](Cc2ccccc2)C(=O)OC)ccc2ccccc12.Cl.Cl. The Hall–Kier alpha value is -6.35. The molecule has 3 amide bonds. The smallest absolute Gasteiger partial charge is 0.328 e. The molecule has 5 aromatic carbocycles. The first kappa shape index (κ1) is 51.0. The van der Waals surface area contributed by atoms with E-state index < -0.39 is 48.4 Å². The van der Waals surface area contributed by atoms with Crippen LogP contribution in [0.15, 0.2) is 121 Å². The number of unbranched alkanes of at least 4 members (excludes halogenated alkanes) is 1. The van der Waals surface area contributed by atoms with E-state index in [1.165, 1.54) is 7.11 Å². The van der Waals surface area contributed by atoms with Gasteiger partial charge < -0.3 is 47.4 Å². The molecule has 0 bridgehead atoms. The van der Waals surface area contributed by atoms with Crippen LogP contribution < -0.4 is 42.6 Å². The number of nitrogens with two attached hydrogens (primary N) is 3. The molecular weight excluding hydrogens is 845 g/mol. The Kier molecular flexibility index (Phi) is 21.2. The molecule has 0 saturated heterocycles.